The summed E-state index contributed by atoms with van der Waals surface area (Å²) in [6, 6.07) is -0.499. The fourth-order valence-corrected chi connectivity index (χ4v) is 1.32. The number of hydrogen-bond acceptors (Lipinski definition) is 3. The molecule has 0 unspecified atom stereocenters. The van der Waals surface area contributed by atoms with Crippen molar-refractivity contribution in [2.45, 2.75) is 19.9 Å². The average Bonchev–Trinajstić information content (AvgIpc) is 2.15. The molecule has 1 heterocycles. The molecule has 0 radical (unpaired) electrons. The van der Waals surface area contributed by atoms with Gasteiger partial charge in [-0.2, -0.15) is 0 Å². The van der Waals surface area contributed by atoms with Gasteiger partial charge in [-0.15, -0.1) is 0 Å². The molecule has 0 aromatic carbocycles. The van der Waals surface area contributed by atoms with E-state index in [0.717, 1.165) is 0 Å². The van der Waals surface area contributed by atoms with E-state index in [1.165, 1.54) is 4.90 Å². The Morgan fingerprint density at radius 2 is 2.21 bits per heavy atom. The second-order valence-corrected chi connectivity index (χ2v) is 3.88. The molecule has 2 amide bonds. The Morgan fingerprint density at radius 3 is 2.71 bits per heavy atom. The van der Waals surface area contributed by atoms with Gasteiger partial charge in [-0.05, 0) is 5.92 Å². The van der Waals surface area contributed by atoms with Crippen LogP contribution in [-0.2, 0) is 9.59 Å². The van der Waals surface area contributed by atoms with Gasteiger partial charge in [-0.3, -0.25) is 9.59 Å². The molecular weight excluding hydrogens is 182 g/mol. The fourth-order valence-electron chi connectivity index (χ4n) is 1.32. The third-order valence-corrected chi connectivity index (χ3v) is 2.35. The quantitative estimate of drug-likeness (QED) is 0.594. The van der Waals surface area contributed by atoms with Crippen LogP contribution in [-0.4, -0.2) is 42.4 Å². The second-order valence-electron chi connectivity index (χ2n) is 3.88. The molecule has 80 valence electrons. The van der Waals surface area contributed by atoms with Crippen molar-refractivity contribution in [2.24, 2.45) is 11.7 Å². The molecule has 0 saturated carbocycles. The Kier molecular flexibility index (Phi) is 3.46. The summed E-state index contributed by atoms with van der Waals surface area (Å²) in [6.07, 6.45) is 0. The minimum Gasteiger partial charge on any atom is -0.353 e. The minimum atomic E-state index is -0.499. The number of hydrogen-bond donors (Lipinski definition) is 2. The summed E-state index contributed by atoms with van der Waals surface area (Å²) >= 11 is 0. The van der Waals surface area contributed by atoms with Gasteiger partial charge in [0.2, 0.25) is 11.8 Å². The summed E-state index contributed by atoms with van der Waals surface area (Å²) in [7, 11) is 0. The standard InChI is InChI=1S/C9H17N3O2/c1-6(2)8(10)9(14)12-4-3-11-7(13)5-12/h6,8H,3-5,10H2,1-2H3,(H,11,13)/t8-/m1/s1. The summed E-state index contributed by atoms with van der Waals surface area (Å²) in [6.45, 7) is 5.01. The normalized spacial score (nSPS) is 19.4. The van der Waals surface area contributed by atoms with Crippen LogP contribution in [0, 0.1) is 5.92 Å². The Labute approximate surface area is 83.6 Å². The van der Waals surface area contributed by atoms with Gasteiger partial charge in [0.05, 0.1) is 12.6 Å². The number of nitrogens with one attached hydrogen (secondary N) is 1. The molecular formula is C9H17N3O2. The Bertz CT molecular complexity index is 240. The van der Waals surface area contributed by atoms with Crippen LogP contribution in [0.25, 0.3) is 0 Å². The molecule has 1 aliphatic rings. The van der Waals surface area contributed by atoms with Crippen LogP contribution in [0.1, 0.15) is 13.8 Å². The SMILES string of the molecule is CC(C)[C@@H](N)C(=O)N1CCNC(=O)C1. The number of carbonyl (C=O) groups is 2. The second kappa shape index (κ2) is 4.41. The van der Waals surface area contributed by atoms with Gasteiger partial charge < -0.3 is 16.0 Å². The number of nitrogens with zero attached hydrogens (tertiary/aromatic N) is 1. The molecule has 1 fully saturated rings. The maximum atomic E-state index is 11.7. The number of nitrogens with two attached hydrogens (primary N) is 1. The molecule has 3 N–H and O–H groups in total. The van der Waals surface area contributed by atoms with E-state index in [1.807, 2.05) is 13.8 Å². The van der Waals surface area contributed by atoms with Crippen molar-refractivity contribution in [1.29, 1.82) is 0 Å². The summed E-state index contributed by atoms with van der Waals surface area (Å²) in [5.74, 6) is -0.136. The van der Waals surface area contributed by atoms with Crippen molar-refractivity contribution in [1.82, 2.24) is 10.2 Å². The topological polar surface area (TPSA) is 75.4 Å². The lowest BCUT2D eigenvalue weighted by atomic mass is 10.0. The molecule has 0 spiro atoms. The molecule has 0 aromatic heterocycles. The Hall–Kier alpha value is -1.10. The lowest BCUT2D eigenvalue weighted by molar-refractivity contribution is -0.139. The zero-order valence-electron chi connectivity index (χ0n) is 8.62. The van der Waals surface area contributed by atoms with Crippen molar-refractivity contribution in [3.05, 3.63) is 0 Å². The highest BCUT2D eigenvalue weighted by molar-refractivity contribution is 5.88. The van der Waals surface area contributed by atoms with Gasteiger partial charge in [0.15, 0.2) is 0 Å². The van der Waals surface area contributed by atoms with E-state index in [4.69, 9.17) is 5.73 Å². The van der Waals surface area contributed by atoms with Crippen LogP contribution < -0.4 is 11.1 Å². The van der Waals surface area contributed by atoms with E-state index >= 15 is 0 Å². The summed E-state index contributed by atoms with van der Waals surface area (Å²) < 4.78 is 0. The van der Waals surface area contributed by atoms with Gasteiger partial charge in [0.25, 0.3) is 0 Å². The fraction of sp³-hybridized carbons (Fsp3) is 0.778. The van der Waals surface area contributed by atoms with Gasteiger partial charge in [0.1, 0.15) is 0 Å². The number of piperazine rings is 1. The third-order valence-electron chi connectivity index (χ3n) is 2.35. The highest BCUT2D eigenvalue weighted by atomic mass is 16.2. The molecule has 0 bridgehead atoms. The molecule has 1 aliphatic heterocycles. The monoisotopic (exact) mass is 199 g/mol. The molecule has 5 heteroatoms. The van der Waals surface area contributed by atoms with Crippen LogP contribution in [0.3, 0.4) is 0 Å². The van der Waals surface area contributed by atoms with E-state index in [2.05, 4.69) is 5.32 Å². The zero-order valence-corrected chi connectivity index (χ0v) is 8.62. The van der Waals surface area contributed by atoms with Gasteiger partial charge >= 0.3 is 0 Å². The summed E-state index contributed by atoms with van der Waals surface area (Å²) in [4.78, 5) is 24.2. The first-order valence-electron chi connectivity index (χ1n) is 4.83. The molecule has 14 heavy (non-hydrogen) atoms. The van der Waals surface area contributed by atoms with Crippen LogP contribution in [0.15, 0.2) is 0 Å². The average molecular weight is 199 g/mol. The van der Waals surface area contributed by atoms with E-state index in [0.29, 0.717) is 13.1 Å². The van der Waals surface area contributed by atoms with E-state index in [1.54, 1.807) is 0 Å². The first-order chi connectivity index (χ1) is 6.52. The van der Waals surface area contributed by atoms with Crippen LogP contribution in [0.2, 0.25) is 0 Å². The first kappa shape index (κ1) is 11.0. The maximum absolute atomic E-state index is 11.7. The highest BCUT2D eigenvalue weighted by Crippen LogP contribution is 2.04. The Morgan fingerprint density at radius 1 is 1.57 bits per heavy atom. The zero-order chi connectivity index (χ0) is 10.7. The molecule has 0 aromatic rings. The lowest BCUT2D eigenvalue weighted by Crippen LogP contribution is -2.55. The first-order valence-corrected chi connectivity index (χ1v) is 4.83. The number of carbonyl (C=O) groups excluding carboxylic acids is 2. The molecule has 1 atom stereocenters. The third kappa shape index (κ3) is 2.45. The highest BCUT2D eigenvalue weighted by Gasteiger charge is 2.26. The molecule has 0 aliphatic carbocycles. The number of rotatable bonds is 2. The van der Waals surface area contributed by atoms with Crippen LogP contribution in [0.5, 0.6) is 0 Å². The smallest absolute Gasteiger partial charge is 0.240 e. The van der Waals surface area contributed by atoms with E-state index < -0.39 is 6.04 Å². The number of amides is 2. The van der Waals surface area contributed by atoms with Crippen molar-refractivity contribution >= 4 is 11.8 Å². The van der Waals surface area contributed by atoms with Crippen LogP contribution in [0.4, 0.5) is 0 Å². The van der Waals surface area contributed by atoms with Gasteiger partial charge in [-0.1, -0.05) is 13.8 Å². The van der Waals surface area contributed by atoms with Crippen molar-refractivity contribution in [2.75, 3.05) is 19.6 Å². The molecule has 5 nitrogen and oxygen atoms in total. The largest absolute Gasteiger partial charge is 0.353 e. The summed E-state index contributed by atoms with van der Waals surface area (Å²) in [5.41, 5.74) is 5.71. The van der Waals surface area contributed by atoms with Crippen molar-refractivity contribution < 1.29 is 9.59 Å². The van der Waals surface area contributed by atoms with Crippen LogP contribution >= 0.6 is 0 Å². The maximum Gasteiger partial charge on any atom is 0.240 e. The minimum absolute atomic E-state index is 0.104. The Balaban J connectivity index is 2.55. The summed E-state index contributed by atoms with van der Waals surface area (Å²) in [5, 5.41) is 2.66. The predicted octanol–water partition coefficient (Wildman–Crippen LogP) is -1.07. The van der Waals surface area contributed by atoms with Gasteiger partial charge in [-0.25, -0.2) is 0 Å². The molecule has 1 rings (SSSR count). The molecule has 1 saturated heterocycles. The van der Waals surface area contributed by atoms with E-state index in [9.17, 15) is 9.59 Å². The van der Waals surface area contributed by atoms with E-state index in [-0.39, 0.29) is 24.3 Å². The lowest BCUT2D eigenvalue weighted by Gasteiger charge is -2.30. The van der Waals surface area contributed by atoms with Gasteiger partial charge in [0, 0.05) is 13.1 Å². The van der Waals surface area contributed by atoms with Crippen molar-refractivity contribution in [3.8, 4) is 0 Å². The van der Waals surface area contributed by atoms with Crippen molar-refractivity contribution in [3.63, 3.8) is 0 Å². The predicted molar refractivity (Wildman–Crippen MR) is 52.4 cm³/mol.